The van der Waals surface area contributed by atoms with Crippen molar-refractivity contribution in [1.29, 1.82) is 5.26 Å². The highest BCUT2D eigenvalue weighted by atomic mass is 15.3. The molecule has 2 rings (SSSR count). The third-order valence-electron chi connectivity index (χ3n) is 4.88. The van der Waals surface area contributed by atoms with E-state index >= 15 is 0 Å². The molecule has 2 fully saturated rings. The second-order valence-corrected chi connectivity index (χ2v) is 6.07. The number of rotatable bonds is 4. The van der Waals surface area contributed by atoms with E-state index in [1.54, 1.807) is 0 Å². The Morgan fingerprint density at radius 3 is 2.63 bits per heavy atom. The fourth-order valence-electron chi connectivity index (χ4n) is 3.61. The zero-order valence-electron chi connectivity index (χ0n) is 12.5. The molecule has 1 heterocycles. The van der Waals surface area contributed by atoms with E-state index in [4.69, 9.17) is 0 Å². The van der Waals surface area contributed by atoms with E-state index in [0.29, 0.717) is 6.04 Å². The molecule has 2 aliphatic rings. The molecule has 1 saturated heterocycles. The van der Waals surface area contributed by atoms with Gasteiger partial charge in [-0.1, -0.05) is 6.92 Å². The molecule has 0 aromatic rings. The molecule has 108 valence electrons. The molecule has 0 aromatic heterocycles. The molecular weight excluding hydrogens is 236 g/mol. The summed E-state index contributed by atoms with van der Waals surface area (Å²) < 4.78 is 0. The van der Waals surface area contributed by atoms with Crippen LogP contribution in [-0.2, 0) is 0 Å². The van der Waals surface area contributed by atoms with Crippen molar-refractivity contribution >= 4 is 0 Å². The van der Waals surface area contributed by atoms with E-state index in [0.717, 1.165) is 12.8 Å². The van der Waals surface area contributed by atoms with Crippen molar-refractivity contribution in [2.75, 3.05) is 39.8 Å². The number of nitriles is 1. The zero-order valence-corrected chi connectivity index (χ0v) is 12.5. The van der Waals surface area contributed by atoms with Crippen LogP contribution in [0.1, 0.15) is 39.0 Å². The Morgan fingerprint density at radius 1 is 1.32 bits per heavy atom. The van der Waals surface area contributed by atoms with Gasteiger partial charge in [-0.3, -0.25) is 4.90 Å². The quantitative estimate of drug-likeness (QED) is 0.834. The second kappa shape index (κ2) is 6.69. The van der Waals surface area contributed by atoms with Crippen molar-refractivity contribution in [3.8, 4) is 6.07 Å². The van der Waals surface area contributed by atoms with E-state index in [1.807, 2.05) is 7.05 Å². The van der Waals surface area contributed by atoms with E-state index in [-0.39, 0.29) is 5.54 Å². The van der Waals surface area contributed by atoms with Gasteiger partial charge in [-0.2, -0.15) is 5.26 Å². The molecular formula is C15H28N4. The minimum Gasteiger partial charge on any atom is -0.302 e. The molecule has 0 radical (unpaired) electrons. The maximum absolute atomic E-state index is 9.43. The van der Waals surface area contributed by atoms with Crippen LogP contribution in [0, 0.1) is 11.3 Å². The predicted molar refractivity (Wildman–Crippen MR) is 78.0 cm³/mol. The van der Waals surface area contributed by atoms with Crippen LogP contribution in [0.3, 0.4) is 0 Å². The second-order valence-electron chi connectivity index (χ2n) is 6.07. The Balaban J connectivity index is 1.87. The maximum Gasteiger partial charge on any atom is 0.108 e. The van der Waals surface area contributed by atoms with Crippen LogP contribution in [0.4, 0.5) is 0 Å². The summed E-state index contributed by atoms with van der Waals surface area (Å²) in [7, 11) is 1.94. The number of hydrogen-bond donors (Lipinski definition) is 1. The molecule has 2 unspecified atom stereocenters. The highest BCUT2D eigenvalue weighted by molar-refractivity contribution is 5.10. The van der Waals surface area contributed by atoms with Crippen molar-refractivity contribution in [3.05, 3.63) is 0 Å². The van der Waals surface area contributed by atoms with Crippen molar-refractivity contribution in [2.24, 2.45) is 0 Å². The molecule has 1 aliphatic carbocycles. The first-order chi connectivity index (χ1) is 9.23. The van der Waals surface area contributed by atoms with Gasteiger partial charge in [0, 0.05) is 32.2 Å². The molecule has 19 heavy (non-hydrogen) atoms. The van der Waals surface area contributed by atoms with Gasteiger partial charge < -0.3 is 10.2 Å². The van der Waals surface area contributed by atoms with E-state index in [1.165, 1.54) is 52.0 Å². The standard InChI is InChI=1S/C15H28N4/c1-3-7-18-8-10-19(11-9-18)14-5-4-6-15(12-14,13-16)17-2/h14,17H,3-12H2,1-2H3. The molecule has 0 bridgehead atoms. The van der Waals surface area contributed by atoms with Crippen LogP contribution in [0.25, 0.3) is 0 Å². The van der Waals surface area contributed by atoms with Crippen molar-refractivity contribution in [1.82, 2.24) is 15.1 Å². The van der Waals surface area contributed by atoms with Crippen molar-refractivity contribution in [2.45, 2.75) is 50.6 Å². The SMILES string of the molecule is CCCN1CCN(C2CCCC(C#N)(NC)C2)CC1. The first kappa shape index (κ1) is 14.8. The summed E-state index contributed by atoms with van der Waals surface area (Å²) in [6, 6.07) is 3.12. The third kappa shape index (κ3) is 3.47. The Bertz CT molecular complexity index is 317. The normalized spacial score (nSPS) is 34.1. The summed E-state index contributed by atoms with van der Waals surface area (Å²) in [6.07, 6.45) is 5.69. The average Bonchev–Trinajstić information content (AvgIpc) is 2.48. The smallest absolute Gasteiger partial charge is 0.108 e. The molecule has 0 amide bonds. The molecule has 1 saturated carbocycles. The van der Waals surface area contributed by atoms with E-state index in [2.05, 4.69) is 28.1 Å². The third-order valence-corrected chi connectivity index (χ3v) is 4.88. The number of nitrogens with one attached hydrogen (secondary N) is 1. The molecule has 4 nitrogen and oxygen atoms in total. The Morgan fingerprint density at radius 2 is 2.05 bits per heavy atom. The van der Waals surface area contributed by atoms with Crippen LogP contribution < -0.4 is 5.32 Å². The largest absolute Gasteiger partial charge is 0.302 e. The van der Waals surface area contributed by atoms with Crippen LogP contribution in [0.2, 0.25) is 0 Å². The first-order valence-electron chi connectivity index (χ1n) is 7.79. The van der Waals surface area contributed by atoms with Gasteiger partial charge in [-0.05, 0) is 45.7 Å². The summed E-state index contributed by atoms with van der Waals surface area (Å²) in [5.74, 6) is 0. The molecule has 2 atom stereocenters. The first-order valence-corrected chi connectivity index (χ1v) is 7.79. The minimum atomic E-state index is -0.274. The molecule has 1 aliphatic heterocycles. The summed E-state index contributed by atoms with van der Waals surface area (Å²) in [5.41, 5.74) is -0.274. The fraction of sp³-hybridized carbons (Fsp3) is 0.933. The van der Waals surface area contributed by atoms with Gasteiger partial charge in [-0.25, -0.2) is 0 Å². The highest BCUT2D eigenvalue weighted by Gasteiger charge is 2.38. The number of hydrogen-bond acceptors (Lipinski definition) is 4. The predicted octanol–water partition coefficient (Wildman–Crippen LogP) is 1.44. The van der Waals surface area contributed by atoms with Crippen molar-refractivity contribution < 1.29 is 0 Å². The average molecular weight is 264 g/mol. The lowest BCUT2D eigenvalue weighted by molar-refractivity contribution is 0.0640. The van der Waals surface area contributed by atoms with Crippen LogP contribution in [-0.4, -0.2) is 61.2 Å². The van der Waals surface area contributed by atoms with Crippen LogP contribution >= 0.6 is 0 Å². The summed E-state index contributed by atoms with van der Waals surface area (Å²) in [6.45, 7) is 8.23. The summed E-state index contributed by atoms with van der Waals surface area (Å²) in [5, 5.41) is 12.7. The van der Waals surface area contributed by atoms with Crippen LogP contribution in [0.5, 0.6) is 0 Å². The Hall–Kier alpha value is -0.630. The number of piperazine rings is 1. The molecule has 1 N–H and O–H groups in total. The Labute approximate surface area is 117 Å². The van der Waals surface area contributed by atoms with Gasteiger partial charge in [0.05, 0.1) is 6.07 Å². The topological polar surface area (TPSA) is 42.3 Å². The van der Waals surface area contributed by atoms with Gasteiger partial charge in [0.25, 0.3) is 0 Å². The van der Waals surface area contributed by atoms with Gasteiger partial charge in [-0.15, -0.1) is 0 Å². The minimum absolute atomic E-state index is 0.274. The van der Waals surface area contributed by atoms with E-state index < -0.39 is 0 Å². The lowest BCUT2D eigenvalue weighted by Gasteiger charge is -2.44. The monoisotopic (exact) mass is 264 g/mol. The summed E-state index contributed by atoms with van der Waals surface area (Å²) >= 11 is 0. The number of nitrogens with zero attached hydrogens (tertiary/aromatic N) is 3. The van der Waals surface area contributed by atoms with Gasteiger partial charge in [0.2, 0.25) is 0 Å². The lowest BCUT2D eigenvalue weighted by Crippen LogP contribution is -2.56. The van der Waals surface area contributed by atoms with E-state index in [9.17, 15) is 5.26 Å². The lowest BCUT2D eigenvalue weighted by atomic mass is 9.79. The molecule has 0 spiro atoms. The van der Waals surface area contributed by atoms with Gasteiger partial charge in [0.1, 0.15) is 5.54 Å². The van der Waals surface area contributed by atoms with Gasteiger partial charge >= 0.3 is 0 Å². The maximum atomic E-state index is 9.43. The van der Waals surface area contributed by atoms with Gasteiger partial charge in [0.15, 0.2) is 0 Å². The molecule has 0 aromatic carbocycles. The Kier molecular flexibility index (Phi) is 5.20. The zero-order chi connectivity index (χ0) is 13.7. The molecule has 4 heteroatoms. The van der Waals surface area contributed by atoms with Crippen LogP contribution in [0.15, 0.2) is 0 Å². The highest BCUT2D eigenvalue weighted by Crippen LogP contribution is 2.31. The fourth-order valence-corrected chi connectivity index (χ4v) is 3.61. The van der Waals surface area contributed by atoms with Crippen molar-refractivity contribution in [3.63, 3.8) is 0 Å². The summed E-state index contributed by atoms with van der Waals surface area (Å²) in [4.78, 5) is 5.18.